The summed E-state index contributed by atoms with van der Waals surface area (Å²) in [4.78, 5) is 25.3. The maximum atomic E-state index is 13.1. The topological polar surface area (TPSA) is 46.2 Å². The maximum absolute atomic E-state index is 13.1. The van der Waals surface area contributed by atoms with E-state index in [1.54, 1.807) is 0 Å². The van der Waals surface area contributed by atoms with Crippen molar-refractivity contribution in [3.8, 4) is 0 Å². The molecule has 0 saturated carbocycles. The Labute approximate surface area is 212 Å². The van der Waals surface area contributed by atoms with Crippen LogP contribution in [0.1, 0.15) is 134 Å². The molecule has 1 aromatic carbocycles. The molecule has 0 aliphatic carbocycles. The lowest BCUT2D eigenvalue weighted by Gasteiger charge is -2.22. The van der Waals surface area contributed by atoms with Gasteiger partial charge in [-0.25, -0.2) is 0 Å². The SMILES string of the molecule is CCCCCCCCCCCCCCCC(=O)Nc1ccc(C(=O)C(C)(C)[S+]2CCCC2)cc1. The van der Waals surface area contributed by atoms with Crippen LogP contribution in [0.5, 0.6) is 0 Å². The summed E-state index contributed by atoms with van der Waals surface area (Å²) in [7, 11) is 0.187. The summed E-state index contributed by atoms with van der Waals surface area (Å²) < 4.78 is -0.282. The number of ketones is 1. The molecule has 1 aliphatic heterocycles. The predicted octanol–water partition coefficient (Wildman–Crippen LogP) is 8.48. The first-order valence-corrected chi connectivity index (χ1v) is 15.6. The van der Waals surface area contributed by atoms with Crippen LogP contribution >= 0.6 is 0 Å². The highest BCUT2D eigenvalue weighted by Crippen LogP contribution is 2.31. The zero-order chi connectivity index (χ0) is 24.7. The van der Waals surface area contributed by atoms with E-state index in [1.807, 2.05) is 24.3 Å². The molecule has 0 spiro atoms. The Balaban J connectivity index is 1.54. The molecule has 192 valence electrons. The van der Waals surface area contributed by atoms with Gasteiger partial charge in [-0.05, 0) is 57.4 Å². The van der Waals surface area contributed by atoms with E-state index in [2.05, 4.69) is 26.1 Å². The van der Waals surface area contributed by atoms with E-state index >= 15 is 0 Å². The molecule has 1 saturated heterocycles. The molecule has 1 aliphatic rings. The van der Waals surface area contributed by atoms with Crippen molar-refractivity contribution in [2.75, 3.05) is 16.8 Å². The van der Waals surface area contributed by atoms with Crippen molar-refractivity contribution in [2.24, 2.45) is 0 Å². The number of benzene rings is 1. The van der Waals surface area contributed by atoms with Gasteiger partial charge in [0.05, 0.1) is 0 Å². The summed E-state index contributed by atoms with van der Waals surface area (Å²) in [6.45, 7) is 6.48. The molecule has 1 heterocycles. The van der Waals surface area contributed by atoms with Gasteiger partial charge in [-0.3, -0.25) is 9.59 Å². The summed E-state index contributed by atoms with van der Waals surface area (Å²) in [5.41, 5.74) is 1.55. The molecule has 0 bridgehead atoms. The van der Waals surface area contributed by atoms with E-state index in [0.717, 1.165) is 24.1 Å². The zero-order valence-corrected chi connectivity index (χ0v) is 23.1. The van der Waals surface area contributed by atoms with Crippen LogP contribution in [0.2, 0.25) is 0 Å². The largest absolute Gasteiger partial charge is 0.326 e. The molecule has 4 heteroatoms. The number of carbonyl (C=O) groups excluding carboxylic acids is 2. The minimum Gasteiger partial charge on any atom is -0.326 e. The van der Waals surface area contributed by atoms with Crippen LogP contribution in [0.15, 0.2) is 24.3 Å². The Morgan fingerprint density at radius 1 is 0.765 bits per heavy atom. The van der Waals surface area contributed by atoms with Crippen molar-refractivity contribution in [1.29, 1.82) is 0 Å². The van der Waals surface area contributed by atoms with E-state index in [0.29, 0.717) is 6.42 Å². The Morgan fingerprint density at radius 2 is 1.24 bits per heavy atom. The summed E-state index contributed by atoms with van der Waals surface area (Å²) in [6.07, 6.45) is 20.2. The van der Waals surface area contributed by atoms with Crippen LogP contribution in [-0.4, -0.2) is 27.9 Å². The Hall–Kier alpha value is -1.29. The summed E-state index contributed by atoms with van der Waals surface area (Å²) in [5, 5.41) is 3.00. The van der Waals surface area contributed by atoms with Crippen molar-refractivity contribution >= 4 is 28.3 Å². The van der Waals surface area contributed by atoms with E-state index in [4.69, 9.17) is 0 Å². The molecular formula is C30H50NO2S+. The molecule has 0 radical (unpaired) electrons. The van der Waals surface area contributed by atoms with Gasteiger partial charge in [-0.1, -0.05) is 84.0 Å². The van der Waals surface area contributed by atoms with Crippen molar-refractivity contribution in [1.82, 2.24) is 0 Å². The van der Waals surface area contributed by atoms with Gasteiger partial charge >= 0.3 is 0 Å². The normalized spacial score (nSPS) is 14.4. The molecule has 0 aromatic heterocycles. The van der Waals surface area contributed by atoms with Gasteiger partial charge in [-0.15, -0.1) is 0 Å². The molecule has 34 heavy (non-hydrogen) atoms. The van der Waals surface area contributed by atoms with Crippen LogP contribution in [0.4, 0.5) is 5.69 Å². The first kappa shape index (κ1) is 28.9. The van der Waals surface area contributed by atoms with E-state index in [9.17, 15) is 9.59 Å². The number of anilines is 1. The zero-order valence-electron chi connectivity index (χ0n) is 22.3. The van der Waals surface area contributed by atoms with Gasteiger partial charge in [0.25, 0.3) is 0 Å². The number of hydrogen-bond acceptors (Lipinski definition) is 2. The van der Waals surface area contributed by atoms with Crippen molar-refractivity contribution < 1.29 is 9.59 Å². The standard InChI is InChI=1S/C30H49NO2S/c1-4-5-6-7-8-9-10-11-12-13-14-15-16-19-28(32)31-27-22-20-26(21-23-27)29(33)30(2,3)34-24-17-18-25-34/h20-23H,4-19,24-25H2,1-3H3/p+1. The second-order valence-electron chi connectivity index (χ2n) is 10.6. The third kappa shape index (κ3) is 10.5. The fourth-order valence-corrected chi connectivity index (χ4v) is 7.59. The number of carbonyl (C=O) groups is 2. The maximum Gasteiger partial charge on any atom is 0.224 e. The number of hydrogen-bond donors (Lipinski definition) is 1. The fourth-order valence-electron chi connectivity index (χ4n) is 4.88. The van der Waals surface area contributed by atoms with Gasteiger partial charge in [0.2, 0.25) is 11.7 Å². The average molecular weight is 489 g/mol. The lowest BCUT2D eigenvalue weighted by atomic mass is 10.00. The van der Waals surface area contributed by atoms with Crippen LogP contribution in [0, 0.1) is 0 Å². The van der Waals surface area contributed by atoms with Crippen molar-refractivity contribution in [3.05, 3.63) is 29.8 Å². The summed E-state index contributed by atoms with van der Waals surface area (Å²) in [5.74, 6) is 2.69. The minimum absolute atomic E-state index is 0.0786. The first-order valence-electron chi connectivity index (χ1n) is 14.1. The average Bonchev–Trinajstić information content (AvgIpc) is 3.38. The Kier molecular flexibility index (Phi) is 14.0. The second kappa shape index (κ2) is 16.4. The Morgan fingerprint density at radius 3 is 1.74 bits per heavy atom. The molecule has 1 aromatic rings. The highest BCUT2D eigenvalue weighted by atomic mass is 32.2. The van der Waals surface area contributed by atoms with Gasteiger partial charge < -0.3 is 5.32 Å². The van der Waals surface area contributed by atoms with E-state index in [1.165, 1.54) is 95.0 Å². The van der Waals surface area contributed by atoms with Gasteiger partial charge in [0, 0.05) is 28.6 Å². The lowest BCUT2D eigenvalue weighted by molar-refractivity contribution is -0.116. The molecule has 0 atom stereocenters. The van der Waals surface area contributed by atoms with Crippen LogP contribution in [0.3, 0.4) is 0 Å². The lowest BCUT2D eigenvalue weighted by Crippen LogP contribution is -2.41. The number of Topliss-reactive ketones (excluding diaryl/α,β-unsaturated/α-hetero) is 1. The molecule has 1 fully saturated rings. The monoisotopic (exact) mass is 488 g/mol. The second-order valence-corrected chi connectivity index (χ2v) is 13.4. The molecule has 1 N–H and O–H groups in total. The van der Waals surface area contributed by atoms with Crippen LogP contribution in [0.25, 0.3) is 0 Å². The number of rotatable bonds is 18. The first-order chi connectivity index (χ1) is 16.4. The molecule has 2 rings (SSSR count). The van der Waals surface area contributed by atoms with Gasteiger partial charge in [-0.2, -0.15) is 0 Å². The van der Waals surface area contributed by atoms with E-state index < -0.39 is 0 Å². The third-order valence-corrected chi connectivity index (χ3v) is 10.4. The molecule has 0 unspecified atom stereocenters. The highest BCUT2D eigenvalue weighted by molar-refractivity contribution is 7.99. The minimum atomic E-state index is -0.282. The van der Waals surface area contributed by atoms with Crippen molar-refractivity contribution in [2.45, 2.75) is 128 Å². The van der Waals surface area contributed by atoms with Gasteiger partial charge in [0.15, 0.2) is 4.75 Å². The molecular weight excluding hydrogens is 438 g/mol. The van der Waals surface area contributed by atoms with E-state index in [-0.39, 0.29) is 27.3 Å². The van der Waals surface area contributed by atoms with Crippen molar-refractivity contribution in [3.63, 3.8) is 0 Å². The van der Waals surface area contributed by atoms with Gasteiger partial charge in [0.1, 0.15) is 11.5 Å². The molecule has 3 nitrogen and oxygen atoms in total. The quantitative estimate of drug-likeness (QED) is 0.128. The Bertz CT molecular complexity index is 707. The predicted molar refractivity (Wildman–Crippen MR) is 150 cm³/mol. The van der Waals surface area contributed by atoms with Crippen LogP contribution in [-0.2, 0) is 15.7 Å². The van der Waals surface area contributed by atoms with Crippen LogP contribution < -0.4 is 5.32 Å². The summed E-state index contributed by atoms with van der Waals surface area (Å²) >= 11 is 0. The highest BCUT2D eigenvalue weighted by Gasteiger charge is 2.47. The smallest absolute Gasteiger partial charge is 0.224 e. The summed E-state index contributed by atoms with van der Waals surface area (Å²) in [6, 6.07) is 7.51. The number of amides is 1. The third-order valence-electron chi connectivity index (χ3n) is 7.24. The fraction of sp³-hybridized carbons (Fsp3) is 0.733. The number of unbranched alkanes of at least 4 members (excludes halogenated alkanes) is 12. The molecule has 1 amide bonds. The number of nitrogens with one attached hydrogen (secondary N) is 1.